The molecule has 0 heterocycles. The highest BCUT2D eigenvalue weighted by Gasteiger charge is 2.33. The van der Waals surface area contributed by atoms with E-state index < -0.39 is 0 Å². The molecule has 0 radical (unpaired) electrons. The Kier molecular flexibility index (Phi) is 1.01. The van der Waals surface area contributed by atoms with Crippen molar-refractivity contribution in [3.8, 4) is 0 Å². The lowest BCUT2D eigenvalue weighted by Gasteiger charge is -2.11. The summed E-state index contributed by atoms with van der Waals surface area (Å²) in [6.07, 6.45) is 9.61. The maximum Gasteiger partial charge on any atom is -0.0165 e. The second-order valence-corrected chi connectivity index (χ2v) is 3.18. The molecule has 0 N–H and O–H groups in total. The van der Waals surface area contributed by atoms with E-state index in [2.05, 4.69) is 24.8 Å². The lowest BCUT2D eigenvalue weighted by Crippen LogP contribution is -2.01. The number of fused-ring (bicyclic) bond motifs is 2. The molecule has 0 aromatic rings. The fourth-order valence-corrected chi connectivity index (χ4v) is 2.09. The zero-order chi connectivity index (χ0) is 6.27. The summed E-state index contributed by atoms with van der Waals surface area (Å²) in [5.41, 5.74) is 0. The molecule has 1 fully saturated rings. The highest BCUT2D eigenvalue weighted by molar-refractivity contribution is 5.13. The van der Waals surface area contributed by atoms with E-state index in [1.54, 1.807) is 0 Å². The topological polar surface area (TPSA) is 0 Å². The van der Waals surface area contributed by atoms with Crippen LogP contribution in [-0.2, 0) is 0 Å². The molecule has 1 saturated carbocycles. The zero-order valence-corrected chi connectivity index (χ0v) is 5.59. The van der Waals surface area contributed by atoms with E-state index in [1.807, 2.05) is 0 Å². The molecule has 0 saturated heterocycles. The van der Waals surface area contributed by atoms with Gasteiger partial charge in [-0.25, -0.2) is 0 Å². The smallest absolute Gasteiger partial charge is 0.0165 e. The van der Waals surface area contributed by atoms with Crippen LogP contribution in [0.4, 0.5) is 0 Å². The molecule has 0 aromatic heterocycles. The summed E-state index contributed by atoms with van der Waals surface area (Å²) >= 11 is 0. The van der Waals surface area contributed by atoms with Crippen LogP contribution in [0.5, 0.6) is 0 Å². The fraction of sp³-hybridized carbons (Fsp3) is 0.556. The van der Waals surface area contributed by atoms with Crippen molar-refractivity contribution in [2.45, 2.75) is 12.8 Å². The van der Waals surface area contributed by atoms with Crippen molar-refractivity contribution >= 4 is 0 Å². The molecule has 48 valence electrons. The first-order valence-corrected chi connectivity index (χ1v) is 3.71. The van der Waals surface area contributed by atoms with Crippen LogP contribution in [-0.4, -0.2) is 0 Å². The maximum atomic E-state index is 3.83. The second-order valence-electron chi connectivity index (χ2n) is 3.18. The van der Waals surface area contributed by atoms with Gasteiger partial charge in [0.25, 0.3) is 0 Å². The molecule has 2 aliphatic carbocycles. The molecule has 0 amide bonds. The Morgan fingerprint density at radius 1 is 1.33 bits per heavy atom. The summed E-state index contributed by atoms with van der Waals surface area (Å²) in [5, 5.41) is 0. The third-order valence-electron chi connectivity index (χ3n) is 2.63. The van der Waals surface area contributed by atoms with Crippen molar-refractivity contribution in [2.24, 2.45) is 17.8 Å². The number of hydrogen-bond acceptors (Lipinski definition) is 0. The molecule has 3 atom stereocenters. The Balaban J connectivity index is 2.19. The van der Waals surface area contributed by atoms with E-state index in [1.165, 1.54) is 12.8 Å². The van der Waals surface area contributed by atoms with Gasteiger partial charge < -0.3 is 0 Å². The number of hydrogen-bond donors (Lipinski definition) is 0. The quantitative estimate of drug-likeness (QED) is 0.466. The highest BCUT2D eigenvalue weighted by Crippen LogP contribution is 2.43. The van der Waals surface area contributed by atoms with Crippen molar-refractivity contribution in [2.75, 3.05) is 0 Å². The monoisotopic (exact) mass is 120 g/mol. The first kappa shape index (κ1) is 5.28. The fourth-order valence-electron chi connectivity index (χ4n) is 2.09. The molecule has 0 aliphatic heterocycles. The zero-order valence-electron chi connectivity index (χ0n) is 5.59. The van der Waals surface area contributed by atoms with E-state index in [0.717, 1.165) is 17.8 Å². The van der Waals surface area contributed by atoms with Crippen molar-refractivity contribution in [3.05, 3.63) is 24.8 Å². The predicted molar refractivity (Wildman–Crippen MR) is 39.0 cm³/mol. The Morgan fingerprint density at radius 3 is 2.56 bits per heavy atom. The van der Waals surface area contributed by atoms with E-state index in [0.29, 0.717) is 0 Å². The van der Waals surface area contributed by atoms with Gasteiger partial charge in [-0.05, 0) is 30.6 Å². The van der Waals surface area contributed by atoms with Gasteiger partial charge >= 0.3 is 0 Å². The first-order valence-electron chi connectivity index (χ1n) is 3.71. The third-order valence-corrected chi connectivity index (χ3v) is 2.63. The molecule has 0 spiro atoms. The van der Waals surface area contributed by atoms with Crippen molar-refractivity contribution in [3.63, 3.8) is 0 Å². The Labute approximate surface area is 56.3 Å². The van der Waals surface area contributed by atoms with Crippen LogP contribution in [0.15, 0.2) is 24.8 Å². The van der Waals surface area contributed by atoms with Gasteiger partial charge in [0.15, 0.2) is 0 Å². The third kappa shape index (κ3) is 0.658. The largest absolute Gasteiger partial charge is 0.103 e. The average Bonchev–Trinajstić information content (AvgIpc) is 2.45. The second kappa shape index (κ2) is 1.73. The minimum atomic E-state index is 0.806. The molecule has 9 heavy (non-hydrogen) atoms. The van der Waals surface area contributed by atoms with Gasteiger partial charge in [0.1, 0.15) is 0 Å². The van der Waals surface area contributed by atoms with Gasteiger partial charge in [-0.3, -0.25) is 0 Å². The molecule has 2 aliphatic rings. The normalized spacial score (nSPS) is 46.0. The average molecular weight is 120 g/mol. The van der Waals surface area contributed by atoms with Crippen LogP contribution in [0.25, 0.3) is 0 Å². The minimum Gasteiger partial charge on any atom is -0.103 e. The lowest BCUT2D eigenvalue weighted by atomic mass is 9.94. The molecule has 2 rings (SSSR count). The van der Waals surface area contributed by atoms with Gasteiger partial charge in [0.05, 0.1) is 0 Å². The van der Waals surface area contributed by atoms with Gasteiger partial charge in [-0.15, -0.1) is 6.58 Å². The Morgan fingerprint density at radius 2 is 2.22 bits per heavy atom. The molecule has 0 unspecified atom stereocenters. The van der Waals surface area contributed by atoms with Crippen LogP contribution < -0.4 is 0 Å². The van der Waals surface area contributed by atoms with Crippen LogP contribution in [0.2, 0.25) is 0 Å². The van der Waals surface area contributed by atoms with Gasteiger partial charge in [0.2, 0.25) is 0 Å². The van der Waals surface area contributed by atoms with E-state index in [-0.39, 0.29) is 0 Å². The Hall–Kier alpha value is -0.520. The molecule has 0 aromatic carbocycles. The predicted octanol–water partition coefficient (Wildman–Crippen LogP) is 2.38. The van der Waals surface area contributed by atoms with Gasteiger partial charge in [-0.2, -0.15) is 0 Å². The summed E-state index contributed by atoms with van der Waals surface area (Å²) in [4.78, 5) is 0. The van der Waals surface area contributed by atoms with Crippen LogP contribution >= 0.6 is 0 Å². The summed E-state index contributed by atoms with van der Waals surface area (Å²) < 4.78 is 0. The van der Waals surface area contributed by atoms with Gasteiger partial charge in [0, 0.05) is 0 Å². The lowest BCUT2D eigenvalue weighted by molar-refractivity contribution is 0.551. The summed E-state index contributed by atoms with van der Waals surface area (Å²) in [7, 11) is 0. The molecular formula is C9H12. The van der Waals surface area contributed by atoms with Crippen LogP contribution in [0.1, 0.15) is 12.8 Å². The maximum absolute atomic E-state index is 3.83. The molecule has 0 nitrogen and oxygen atoms in total. The highest BCUT2D eigenvalue weighted by atomic mass is 14.4. The SMILES string of the molecule is C=C[C@H]1C[C@@H]2C=C[C@@H]1C2. The molecular weight excluding hydrogens is 108 g/mol. The summed E-state index contributed by atoms with van der Waals surface area (Å²) in [5.74, 6) is 2.56. The van der Waals surface area contributed by atoms with Crippen molar-refractivity contribution < 1.29 is 0 Å². The van der Waals surface area contributed by atoms with Crippen LogP contribution in [0, 0.1) is 17.8 Å². The molecule has 2 bridgehead atoms. The van der Waals surface area contributed by atoms with E-state index in [9.17, 15) is 0 Å². The first-order chi connectivity index (χ1) is 4.40. The van der Waals surface area contributed by atoms with E-state index in [4.69, 9.17) is 0 Å². The minimum absolute atomic E-state index is 0.806. The summed E-state index contributed by atoms with van der Waals surface area (Å²) in [6, 6.07) is 0. The number of rotatable bonds is 1. The van der Waals surface area contributed by atoms with Gasteiger partial charge in [-0.1, -0.05) is 18.2 Å². The Bertz CT molecular complexity index is 155. The standard InChI is InChI=1S/C9H12/c1-2-8-5-7-3-4-9(8)6-7/h2-4,7-9H,1,5-6H2/t7-,8-,9+/m0/s1. The van der Waals surface area contributed by atoms with E-state index >= 15 is 0 Å². The summed E-state index contributed by atoms with van der Waals surface area (Å²) in [6.45, 7) is 3.83. The van der Waals surface area contributed by atoms with Crippen molar-refractivity contribution in [1.29, 1.82) is 0 Å². The molecule has 0 heteroatoms. The van der Waals surface area contributed by atoms with Crippen molar-refractivity contribution in [1.82, 2.24) is 0 Å². The van der Waals surface area contributed by atoms with Crippen LogP contribution in [0.3, 0.4) is 0 Å². The number of allylic oxidation sites excluding steroid dienone is 3.